The van der Waals surface area contributed by atoms with Crippen molar-refractivity contribution < 1.29 is 14.3 Å². The molecule has 7 nitrogen and oxygen atoms in total. The highest BCUT2D eigenvalue weighted by Gasteiger charge is 2.05. The van der Waals surface area contributed by atoms with Gasteiger partial charge in [-0.25, -0.2) is 4.79 Å². The third-order valence-corrected chi connectivity index (χ3v) is 3.71. The van der Waals surface area contributed by atoms with Crippen molar-refractivity contribution in [2.45, 2.75) is 13.1 Å². The molecule has 144 valence electrons. The number of rotatable bonds is 8. The number of amides is 3. The third-order valence-electron chi connectivity index (χ3n) is 3.71. The van der Waals surface area contributed by atoms with Crippen molar-refractivity contribution in [3.05, 3.63) is 59.7 Å². The molecule has 0 saturated carbocycles. The van der Waals surface area contributed by atoms with E-state index in [2.05, 4.69) is 16.0 Å². The highest BCUT2D eigenvalue weighted by molar-refractivity contribution is 5.92. The van der Waals surface area contributed by atoms with Gasteiger partial charge in [0.15, 0.2) is 0 Å². The average molecular weight is 370 g/mol. The summed E-state index contributed by atoms with van der Waals surface area (Å²) < 4.78 is 5.17. The largest absolute Gasteiger partial charge is 0.497 e. The Kier molecular flexibility index (Phi) is 7.63. The Hall–Kier alpha value is -3.06. The summed E-state index contributed by atoms with van der Waals surface area (Å²) in [5, 5.41) is 8.45. The molecule has 0 aromatic heterocycles. The molecule has 0 unspecified atom stereocenters. The molecule has 2 aromatic carbocycles. The van der Waals surface area contributed by atoms with E-state index < -0.39 is 0 Å². The molecule has 0 fully saturated rings. The van der Waals surface area contributed by atoms with Crippen LogP contribution in [0.25, 0.3) is 0 Å². The Morgan fingerprint density at radius 1 is 0.963 bits per heavy atom. The summed E-state index contributed by atoms with van der Waals surface area (Å²) in [4.78, 5) is 25.6. The number of benzene rings is 2. The van der Waals surface area contributed by atoms with Crippen LogP contribution in [-0.2, 0) is 17.9 Å². The zero-order chi connectivity index (χ0) is 19.6. The van der Waals surface area contributed by atoms with E-state index in [0.717, 1.165) is 16.9 Å². The van der Waals surface area contributed by atoms with Gasteiger partial charge in [-0.05, 0) is 49.5 Å². The predicted octanol–water partition coefficient (Wildman–Crippen LogP) is 2.19. The van der Waals surface area contributed by atoms with Gasteiger partial charge in [0.25, 0.3) is 0 Å². The van der Waals surface area contributed by atoms with Gasteiger partial charge in [-0.3, -0.25) is 4.79 Å². The second kappa shape index (κ2) is 10.2. The third kappa shape index (κ3) is 7.37. The van der Waals surface area contributed by atoms with Crippen LogP contribution in [0.15, 0.2) is 48.5 Å². The Bertz CT molecular complexity index is 777. The van der Waals surface area contributed by atoms with E-state index in [-0.39, 0.29) is 11.9 Å². The minimum atomic E-state index is -0.264. The molecule has 0 aliphatic heterocycles. The molecule has 0 aliphatic carbocycles. The van der Waals surface area contributed by atoms with Gasteiger partial charge >= 0.3 is 6.03 Å². The van der Waals surface area contributed by atoms with Gasteiger partial charge in [0.05, 0.1) is 13.7 Å². The molecule has 0 atom stereocenters. The van der Waals surface area contributed by atoms with Crippen LogP contribution < -0.4 is 20.7 Å². The number of likely N-dealkylation sites (N-methyl/N-ethyl adjacent to an activating group) is 1. The van der Waals surface area contributed by atoms with E-state index in [4.69, 9.17) is 4.74 Å². The lowest BCUT2D eigenvalue weighted by atomic mass is 10.2. The first-order chi connectivity index (χ1) is 13.0. The van der Waals surface area contributed by atoms with Crippen LogP contribution in [0, 0.1) is 0 Å². The summed E-state index contributed by atoms with van der Waals surface area (Å²) in [6, 6.07) is 14.7. The zero-order valence-corrected chi connectivity index (χ0v) is 15.9. The number of hydrogen-bond acceptors (Lipinski definition) is 4. The molecule has 0 bridgehead atoms. The minimum Gasteiger partial charge on any atom is -0.497 e. The van der Waals surface area contributed by atoms with Gasteiger partial charge in [0.1, 0.15) is 5.75 Å². The lowest BCUT2D eigenvalue weighted by Gasteiger charge is -2.12. The Morgan fingerprint density at radius 3 is 2.22 bits per heavy atom. The summed E-state index contributed by atoms with van der Waals surface area (Å²) in [6.45, 7) is 1.08. The van der Waals surface area contributed by atoms with E-state index in [9.17, 15) is 9.59 Å². The molecule has 27 heavy (non-hydrogen) atoms. The maximum absolute atomic E-state index is 12.0. The van der Waals surface area contributed by atoms with E-state index in [1.165, 1.54) is 0 Å². The normalized spacial score (nSPS) is 10.4. The van der Waals surface area contributed by atoms with E-state index in [1.807, 2.05) is 62.6 Å². The fourth-order valence-corrected chi connectivity index (χ4v) is 2.46. The molecule has 0 radical (unpaired) electrons. The number of carbonyl (C=O) groups is 2. The van der Waals surface area contributed by atoms with Crippen molar-refractivity contribution in [2.75, 3.05) is 33.1 Å². The summed E-state index contributed by atoms with van der Waals surface area (Å²) in [5.41, 5.74) is 2.56. The standard InChI is InChI=1S/C20H26N4O3/c1-24(2)14-19(25)23-17-8-4-6-15(10-17)12-21-20(26)22-13-16-7-5-9-18(11-16)27-3/h4-11H,12-14H2,1-3H3,(H,23,25)(H2,21,22,26). The van der Waals surface area contributed by atoms with Gasteiger partial charge in [0.2, 0.25) is 5.91 Å². The van der Waals surface area contributed by atoms with Crippen LogP contribution >= 0.6 is 0 Å². The number of urea groups is 1. The number of carbonyl (C=O) groups excluding carboxylic acids is 2. The Labute approximate surface area is 159 Å². The number of ether oxygens (including phenoxy) is 1. The molecular formula is C20H26N4O3. The van der Waals surface area contributed by atoms with Gasteiger partial charge in [0, 0.05) is 18.8 Å². The monoisotopic (exact) mass is 370 g/mol. The highest BCUT2D eigenvalue weighted by Crippen LogP contribution is 2.12. The van der Waals surface area contributed by atoms with E-state index >= 15 is 0 Å². The maximum atomic E-state index is 12.0. The summed E-state index contributed by atoms with van der Waals surface area (Å²) >= 11 is 0. The molecule has 0 heterocycles. The summed E-state index contributed by atoms with van der Waals surface area (Å²) in [7, 11) is 5.28. The van der Waals surface area contributed by atoms with Crippen LogP contribution in [0.3, 0.4) is 0 Å². The number of nitrogens with zero attached hydrogens (tertiary/aromatic N) is 1. The molecule has 3 amide bonds. The van der Waals surface area contributed by atoms with Crippen molar-refractivity contribution in [1.29, 1.82) is 0 Å². The quantitative estimate of drug-likeness (QED) is 0.665. The summed E-state index contributed by atoms with van der Waals surface area (Å²) in [5.74, 6) is 0.670. The van der Waals surface area contributed by atoms with Crippen molar-refractivity contribution in [3.8, 4) is 5.75 Å². The van der Waals surface area contributed by atoms with Gasteiger partial charge in [-0.1, -0.05) is 24.3 Å². The average Bonchev–Trinajstić information content (AvgIpc) is 2.64. The van der Waals surface area contributed by atoms with Crippen molar-refractivity contribution in [3.63, 3.8) is 0 Å². The topological polar surface area (TPSA) is 82.7 Å². The summed E-state index contributed by atoms with van der Waals surface area (Å²) in [6.07, 6.45) is 0. The highest BCUT2D eigenvalue weighted by atomic mass is 16.5. The van der Waals surface area contributed by atoms with Gasteiger partial charge in [-0.2, -0.15) is 0 Å². The molecule has 0 spiro atoms. The molecular weight excluding hydrogens is 344 g/mol. The smallest absolute Gasteiger partial charge is 0.315 e. The molecule has 2 aromatic rings. The van der Waals surface area contributed by atoms with Gasteiger partial charge < -0.3 is 25.6 Å². The molecule has 0 aliphatic rings. The number of hydrogen-bond donors (Lipinski definition) is 3. The minimum absolute atomic E-state index is 0.0823. The first-order valence-electron chi connectivity index (χ1n) is 8.64. The zero-order valence-electron chi connectivity index (χ0n) is 15.9. The van der Waals surface area contributed by atoms with Gasteiger partial charge in [-0.15, -0.1) is 0 Å². The van der Waals surface area contributed by atoms with Crippen LogP contribution in [0.1, 0.15) is 11.1 Å². The maximum Gasteiger partial charge on any atom is 0.315 e. The van der Waals surface area contributed by atoms with Crippen LogP contribution in [0.5, 0.6) is 5.75 Å². The lowest BCUT2D eigenvalue weighted by molar-refractivity contribution is -0.116. The number of anilines is 1. The fraction of sp³-hybridized carbons (Fsp3) is 0.300. The van der Waals surface area contributed by atoms with E-state index in [1.54, 1.807) is 12.0 Å². The molecule has 7 heteroatoms. The number of nitrogens with one attached hydrogen (secondary N) is 3. The second-order valence-corrected chi connectivity index (χ2v) is 6.37. The van der Waals surface area contributed by atoms with Crippen molar-refractivity contribution >= 4 is 17.6 Å². The molecule has 0 saturated heterocycles. The second-order valence-electron chi connectivity index (χ2n) is 6.37. The van der Waals surface area contributed by atoms with Crippen LogP contribution in [0.4, 0.5) is 10.5 Å². The molecule has 2 rings (SSSR count). The van der Waals surface area contributed by atoms with Crippen LogP contribution in [-0.4, -0.2) is 44.6 Å². The lowest BCUT2D eigenvalue weighted by Crippen LogP contribution is -2.34. The first-order valence-corrected chi connectivity index (χ1v) is 8.64. The Balaban J connectivity index is 1.80. The predicted molar refractivity (Wildman–Crippen MR) is 106 cm³/mol. The molecule has 3 N–H and O–H groups in total. The van der Waals surface area contributed by atoms with Crippen LogP contribution in [0.2, 0.25) is 0 Å². The van der Waals surface area contributed by atoms with E-state index in [0.29, 0.717) is 25.3 Å². The Morgan fingerprint density at radius 2 is 1.59 bits per heavy atom. The SMILES string of the molecule is COc1cccc(CNC(=O)NCc2cccc(NC(=O)CN(C)C)c2)c1. The number of methoxy groups -OCH3 is 1. The van der Waals surface area contributed by atoms with Crippen molar-refractivity contribution in [1.82, 2.24) is 15.5 Å². The first kappa shape index (κ1) is 20.3. The van der Waals surface area contributed by atoms with Crippen molar-refractivity contribution in [2.24, 2.45) is 0 Å². The fourth-order valence-electron chi connectivity index (χ4n) is 2.46.